The Morgan fingerprint density at radius 2 is 1.86 bits per heavy atom. The lowest BCUT2D eigenvalue weighted by Gasteiger charge is -2.09. The van der Waals surface area contributed by atoms with Crippen molar-refractivity contribution in [3.8, 4) is 0 Å². The summed E-state index contributed by atoms with van der Waals surface area (Å²) in [6.45, 7) is 1.82. The molecule has 21 heavy (non-hydrogen) atoms. The van der Waals surface area contributed by atoms with Gasteiger partial charge in [0.2, 0.25) is 10.0 Å². The highest BCUT2D eigenvalue weighted by molar-refractivity contribution is 7.89. The van der Waals surface area contributed by atoms with E-state index in [4.69, 9.17) is 5.14 Å². The van der Waals surface area contributed by atoms with Gasteiger partial charge in [0.1, 0.15) is 10.7 Å². The van der Waals surface area contributed by atoms with Gasteiger partial charge in [0.05, 0.1) is 0 Å². The van der Waals surface area contributed by atoms with Crippen LogP contribution in [0, 0.1) is 12.7 Å². The predicted molar refractivity (Wildman–Crippen MR) is 76.9 cm³/mol. The van der Waals surface area contributed by atoms with Gasteiger partial charge in [-0.05, 0) is 36.8 Å². The van der Waals surface area contributed by atoms with Gasteiger partial charge in [-0.15, -0.1) is 0 Å². The number of hydrogen-bond acceptors (Lipinski definition) is 3. The highest BCUT2D eigenvalue weighted by atomic mass is 32.2. The molecule has 1 amide bonds. The van der Waals surface area contributed by atoms with Gasteiger partial charge in [0.25, 0.3) is 5.91 Å². The van der Waals surface area contributed by atoms with Crippen molar-refractivity contribution in [2.75, 3.05) is 5.32 Å². The van der Waals surface area contributed by atoms with Gasteiger partial charge >= 0.3 is 0 Å². The number of hydrogen-bond donors (Lipinski definition) is 2. The third-order valence-corrected chi connectivity index (χ3v) is 3.82. The first-order valence-electron chi connectivity index (χ1n) is 5.98. The number of primary sulfonamides is 1. The third-order valence-electron chi connectivity index (χ3n) is 2.89. The standard InChI is InChI=1S/C14H13FN2O3S/c1-9-4-2-3-5-12(9)17-14(18)10-6-7-11(15)13(8-10)21(16,19)20/h2-8H,1H3,(H,17,18)(H2,16,19,20). The molecule has 0 aliphatic heterocycles. The lowest BCUT2D eigenvalue weighted by Crippen LogP contribution is -2.17. The molecule has 0 atom stereocenters. The van der Waals surface area contributed by atoms with Crippen LogP contribution in [0.5, 0.6) is 0 Å². The van der Waals surface area contributed by atoms with E-state index in [0.717, 1.165) is 17.7 Å². The number of halogens is 1. The molecule has 2 aromatic carbocycles. The minimum Gasteiger partial charge on any atom is -0.322 e. The van der Waals surface area contributed by atoms with Crippen molar-refractivity contribution in [3.63, 3.8) is 0 Å². The van der Waals surface area contributed by atoms with E-state index < -0.39 is 26.6 Å². The Balaban J connectivity index is 2.35. The molecule has 0 bridgehead atoms. The van der Waals surface area contributed by atoms with Gasteiger partial charge in [-0.3, -0.25) is 4.79 Å². The molecule has 2 aromatic rings. The number of amides is 1. The third kappa shape index (κ3) is 3.45. The molecule has 0 fully saturated rings. The van der Waals surface area contributed by atoms with Crippen molar-refractivity contribution >= 4 is 21.6 Å². The summed E-state index contributed by atoms with van der Waals surface area (Å²) in [6, 6.07) is 10.1. The molecule has 110 valence electrons. The molecular weight excluding hydrogens is 295 g/mol. The van der Waals surface area contributed by atoms with Gasteiger partial charge in [0, 0.05) is 11.3 Å². The SMILES string of the molecule is Cc1ccccc1NC(=O)c1ccc(F)c(S(N)(=O)=O)c1. The zero-order chi connectivity index (χ0) is 15.6. The van der Waals surface area contributed by atoms with Crippen molar-refractivity contribution < 1.29 is 17.6 Å². The molecule has 0 unspecified atom stereocenters. The van der Waals surface area contributed by atoms with Crippen LogP contribution in [0.4, 0.5) is 10.1 Å². The van der Waals surface area contributed by atoms with Crippen molar-refractivity contribution in [2.45, 2.75) is 11.8 Å². The molecule has 0 aliphatic rings. The summed E-state index contributed by atoms with van der Waals surface area (Å²) in [5.74, 6) is -1.54. The summed E-state index contributed by atoms with van der Waals surface area (Å²) in [5.41, 5.74) is 1.44. The number of para-hydroxylation sites is 1. The molecule has 0 aromatic heterocycles. The van der Waals surface area contributed by atoms with Crippen LogP contribution in [0.15, 0.2) is 47.4 Å². The Labute approximate surface area is 121 Å². The minimum atomic E-state index is -4.23. The van der Waals surface area contributed by atoms with E-state index in [1.54, 1.807) is 12.1 Å². The van der Waals surface area contributed by atoms with Gasteiger partial charge in [0.15, 0.2) is 0 Å². The average molecular weight is 308 g/mol. The molecule has 5 nitrogen and oxygen atoms in total. The molecule has 0 saturated heterocycles. The first-order valence-corrected chi connectivity index (χ1v) is 7.53. The Bertz CT molecular complexity index is 804. The van der Waals surface area contributed by atoms with Gasteiger partial charge in [-0.1, -0.05) is 18.2 Å². The highest BCUT2D eigenvalue weighted by Crippen LogP contribution is 2.18. The zero-order valence-corrected chi connectivity index (χ0v) is 11.9. The highest BCUT2D eigenvalue weighted by Gasteiger charge is 2.17. The molecule has 0 radical (unpaired) electrons. The van der Waals surface area contributed by atoms with Crippen LogP contribution in [0.2, 0.25) is 0 Å². The lowest BCUT2D eigenvalue weighted by molar-refractivity contribution is 0.102. The summed E-state index contributed by atoms with van der Waals surface area (Å²) in [5, 5.41) is 7.53. The Hall–Kier alpha value is -2.25. The topological polar surface area (TPSA) is 89.3 Å². The number of sulfonamides is 1. The van der Waals surface area contributed by atoms with Gasteiger partial charge in [-0.2, -0.15) is 0 Å². The van der Waals surface area contributed by atoms with Crippen LogP contribution in [0.25, 0.3) is 0 Å². The summed E-state index contributed by atoms with van der Waals surface area (Å²) < 4.78 is 35.9. The maximum absolute atomic E-state index is 13.4. The maximum atomic E-state index is 13.4. The van der Waals surface area contributed by atoms with E-state index in [1.807, 2.05) is 19.1 Å². The van der Waals surface area contributed by atoms with Crippen LogP contribution in [0.3, 0.4) is 0 Å². The van der Waals surface area contributed by atoms with Crippen molar-refractivity contribution in [3.05, 3.63) is 59.4 Å². The smallest absolute Gasteiger partial charge is 0.255 e. The number of nitrogens with two attached hydrogens (primary N) is 1. The Kier molecular flexibility index (Phi) is 4.06. The van der Waals surface area contributed by atoms with E-state index >= 15 is 0 Å². The molecule has 7 heteroatoms. The van der Waals surface area contributed by atoms with Crippen LogP contribution in [0.1, 0.15) is 15.9 Å². The van der Waals surface area contributed by atoms with E-state index in [-0.39, 0.29) is 5.56 Å². The maximum Gasteiger partial charge on any atom is 0.255 e. The minimum absolute atomic E-state index is 0.00341. The largest absolute Gasteiger partial charge is 0.322 e. The summed E-state index contributed by atoms with van der Waals surface area (Å²) in [6.07, 6.45) is 0. The average Bonchev–Trinajstić information content (AvgIpc) is 2.40. The molecule has 2 rings (SSSR count). The zero-order valence-electron chi connectivity index (χ0n) is 11.1. The van der Waals surface area contributed by atoms with Gasteiger partial charge in [-0.25, -0.2) is 17.9 Å². The first kappa shape index (κ1) is 15.1. The van der Waals surface area contributed by atoms with Crippen LogP contribution in [-0.2, 0) is 10.0 Å². The van der Waals surface area contributed by atoms with Crippen molar-refractivity contribution in [1.29, 1.82) is 0 Å². The quantitative estimate of drug-likeness (QED) is 0.909. The second-order valence-corrected chi connectivity index (χ2v) is 5.99. The van der Waals surface area contributed by atoms with Crippen LogP contribution >= 0.6 is 0 Å². The molecule has 0 aliphatic carbocycles. The normalized spacial score (nSPS) is 11.2. The molecule has 0 spiro atoms. The van der Waals surface area contributed by atoms with E-state index in [0.29, 0.717) is 5.69 Å². The second kappa shape index (κ2) is 5.63. The number of carbonyl (C=O) groups is 1. The lowest BCUT2D eigenvalue weighted by atomic mass is 10.1. The molecule has 3 N–H and O–H groups in total. The number of carbonyl (C=O) groups excluding carboxylic acids is 1. The Morgan fingerprint density at radius 3 is 2.48 bits per heavy atom. The van der Waals surface area contributed by atoms with Crippen molar-refractivity contribution in [2.24, 2.45) is 5.14 Å². The van der Waals surface area contributed by atoms with Gasteiger partial charge < -0.3 is 5.32 Å². The summed E-state index contributed by atoms with van der Waals surface area (Å²) in [4.78, 5) is 11.4. The van der Waals surface area contributed by atoms with E-state index in [1.165, 1.54) is 6.07 Å². The number of benzene rings is 2. The monoisotopic (exact) mass is 308 g/mol. The molecular formula is C14H13FN2O3S. The van der Waals surface area contributed by atoms with Crippen molar-refractivity contribution in [1.82, 2.24) is 0 Å². The second-order valence-electron chi connectivity index (χ2n) is 4.46. The number of rotatable bonds is 3. The Morgan fingerprint density at radius 1 is 1.19 bits per heavy atom. The van der Waals surface area contributed by atoms with Crippen LogP contribution in [-0.4, -0.2) is 14.3 Å². The number of aryl methyl sites for hydroxylation is 1. The molecule has 0 heterocycles. The summed E-state index contributed by atoms with van der Waals surface area (Å²) >= 11 is 0. The fourth-order valence-electron chi connectivity index (χ4n) is 1.77. The van der Waals surface area contributed by atoms with E-state index in [9.17, 15) is 17.6 Å². The molecule has 0 saturated carbocycles. The number of nitrogens with one attached hydrogen (secondary N) is 1. The fourth-order valence-corrected chi connectivity index (χ4v) is 2.40. The fraction of sp³-hybridized carbons (Fsp3) is 0.0714. The predicted octanol–water partition coefficient (Wildman–Crippen LogP) is 2.03. The first-order chi connectivity index (χ1) is 9.79. The van der Waals surface area contributed by atoms with E-state index in [2.05, 4.69) is 5.32 Å². The summed E-state index contributed by atoms with van der Waals surface area (Å²) in [7, 11) is -4.23. The van der Waals surface area contributed by atoms with Crippen LogP contribution < -0.4 is 10.5 Å². The number of anilines is 1.